The summed E-state index contributed by atoms with van der Waals surface area (Å²) < 4.78 is 24.8. The summed E-state index contributed by atoms with van der Waals surface area (Å²) in [5.41, 5.74) is 2.34. The van der Waals surface area contributed by atoms with Crippen molar-refractivity contribution in [2.24, 2.45) is 5.41 Å². The molecule has 1 aromatic heterocycles. The zero-order valence-corrected chi connectivity index (χ0v) is 19.1. The first kappa shape index (κ1) is 22.3. The highest BCUT2D eigenvalue weighted by molar-refractivity contribution is 6.31. The van der Waals surface area contributed by atoms with Gasteiger partial charge in [0.15, 0.2) is 0 Å². The summed E-state index contributed by atoms with van der Waals surface area (Å²) >= 11 is 5.92. The standard InChI is InChI=1S/C24H26ClFN4O3/c1-32-21-11-20-17(23(28-14-27-20)29-16-2-3-19(26)18(25)10-16)8-15(21)9-22(31)30-6-4-24(12-30)5-7-33-13-24/h2-3,8,10-11,14,22,31H,4-7,9,12-13H2,1H3,(H,27,28,29). The molecular weight excluding hydrogens is 447 g/mol. The van der Waals surface area contributed by atoms with Gasteiger partial charge in [0.25, 0.3) is 0 Å². The Bertz CT molecular complexity index is 1170. The van der Waals surface area contributed by atoms with Gasteiger partial charge in [0, 0.05) is 48.7 Å². The molecule has 174 valence electrons. The number of hydrogen-bond acceptors (Lipinski definition) is 7. The first-order valence-corrected chi connectivity index (χ1v) is 11.4. The minimum absolute atomic E-state index is 0.0277. The number of anilines is 2. The molecule has 0 amide bonds. The fourth-order valence-electron chi connectivity index (χ4n) is 4.81. The van der Waals surface area contributed by atoms with E-state index < -0.39 is 12.0 Å². The summed E-state index contributed by atoms with van der Waals surface area (Å²) in [6.07, 6.45) is 3.33. The van der Waals surface area contributed by atoms with Crippen LogP contribution in [0.25, 0.3) is 10.9 Å². The van der Waals surface area contributed by atoms with Gasteiger partial charge < -0.3 is 19.9 Å². The van der Waals surface area contributed by atoms with Crippen LogP contribution in [0.3, 0.4) is 0 Å². The molecule has 33 heavy (non-hydrogen) atoms. The van der Waals surface area contributed by atoms with E-state index in [0.717, 1.165) is 50.1 Å². The van der Waals surface area contributed by atoms with Crippen LogP contribution in [0.5, 0.6) is 5.75 Å². The van der Waals surface area contributed by atoms with E-state index in [1.165, 1.54) is 18.5 Å². The number of benzene rings is 2. The summed E-state index contributed by atoms with van der Waals surface area (Å²) in [4.78, 5) is 10.9. The number of fused-ring (bicyclic) bond motifs is 1. The predicted molar refractivity (Wildman–Crippen MR) is 125 cm³/mol. The van der Waals surface area contributed by atoms with Gasteiger partial charge in [0.2, 0.25) is 0 Å². The molecule has 0 aliphatic carbocycles. The first-order chi connectivity index (χ1) is 16.0. The van der Waals surface area contributed by atoms with E-state index in [9.17, 15) is 9.50 Å². The van der Waals surface area contributed by atoms with Gasteiger partial charge in [-0.05, 0) is 42.7 Å². The van der Waals surface area contributed by atoms with E-state index in [0.29, 0.717) is 29.2 Å². The van der Waals surface area contributed by atoms with Crippen molar-refractivity contribution in [2.45, 2.75) is 25.5 Å². The average molecular weight is 473 g/mol. The van der Waals surface area contributed by atoms with Crippen molar-refractivity contribution in [3.63, 3.8) is 0 Å². The molecule has 2 unspecified atom stereocenters. The van der Waals surface area contributed by atoms with Crippen LogP contribution in [-0.4, -0.2) is 59.6 Å². The fraction of sp³-hybridized carbons (Fsp3) is 0.417. The van der Waals surface area contributed by atoms with E-state index in [4.69, 9.17) is 21.1 Å². The number of hydrogen-bond donors (Lipinski definition) is 2. The molecule has 2 fully saturated rings. The molecule has 0 radical (unpaired) electrons. The first-order valence-electron chi connectivity index (χ1n) is 11.0. The second-order valence-electron chi connectivity index (χ2n) is 8.87. The number of aliphatic hydroxyl groups excluding tert-OH is 1. The lowest BCUT2D eigenvalue weighted by atomic mass is 9.87. The number of rotatable bonds is 6. The molecule has 2 atom stereocenters. The van der Waals surface area contributed by atoms with Crippen LogP contribution in [0, 0.1) is 11.2 Å². The third-order valence-corrected chi connectivity index (χ3v) is 6.99. The highest BCUT2D eigenvalue weighted by Crippen LogP contribution is 2.39. The summed E-state index contributed by atoms with van der Waals surface area (Å²) in [6.45, 7) is 3.26. The van der Waals surface area contributed by atoms with Crippen LogP contribution >= 0.6 is 11.6 Å². The van der Waals surface area contributed by atoms with E-state index in [1.807, 2.05) is 12.1 Å². The molecule has 2 saturated heterocycles. The predicted octanol–water partition coefficient (Wildman–Crippen LogP) is 4.15. The molecule has 3 aromatic rings. The van der Waals surface area contributed by atoms with Crippen LogP contribution in [0.1, 0.15) is 18.4 Å². The van der Waals surface area contributed by atoms with Crippen LogP contribution in [0.4, 0.5) is 15.9 Å². The van der Waals surface area contributed by atoms with E-state index in [2.05, 4.69) is 20.2 Å². The van der Waals surface area contributed by atoms with Gasteiger partial charge in [0.05, 0.1) is 24.3 Å². The number of halogens is 2. The number of ether oxygens (including phenoxy) is 2. The van der Waals surface area contributed by atoms with Crippen LogP contribution in [0.15, 0.2) is 36.7 Å². The maximum Gasteiger partial charge on any atom is 0.141 e. The SMILES string of the molecule is COc1cc2ncnc(Nc3ccc(F)c(Cl)c3)c2cc1CC(O)N1CCC2(CCOC2)C1. The van der Waals surface area contributed by atoms with Crippen LogP contribution in [0.2, 0.25) is 5.02 Å². The quantitative estimate of drug-likeness (QED) is 0.558. The molecule has 9 heteroatoms. The summed E-state index contributed by atoms with van der Waals surface area (Å²) in [7, 11) is 1.61. The molecule has 7 nitrogen and oxygen atoms in total. The monoisotopic (exact) mass is 472 g/mol. The number of nitrogens with one attached hydrogen (secondary N) is 1. The van der Waals surface area contributed by atoms with Gasteiger partial charge in [-0.2, -0.15) is 0 Å². The summed E-state index contributed by atoms with van der Waals surface area (Å²) in [5.74, 6) is 0.738. The number of likely N-dealkylation sites (tertiary alicyclic amines) is 1. The second kappa shape index (κ2) is 9.02. The molecule has 0 bridgehead atoms. The number of aromatic nitrogens is 2. The Balaban J connectivity index is 1.42. The topological polar surface area (TPSA) is 79.7 Å². The molecule has 0 saturated carbocycles. The van der Waals surface area contributed by atoms with Crippen LogP contribution < -0.4 is 10.1 Å². The van der Waals surface area contributed by atoms with Crippen molar-refractivity contribution < 1.29 is 19.0 Å². The van der Waals surface area contributed by atoms with Crippen LogP contribution in [-0.2, 0) is 11.2 Å². The number of nitrogens with zero attached hydrogens (tertiary/aromatic N) is 3. The van der Waals surface area contributed by atoms with Crippen molar-refractivity contribution in [3.05, 3.63) is 53.1 Å². The minimum atomic E-state index is -0.631. The van der Waals surface area contributed by atoms with Crippen molar-refractivity contribution in [3.8, 4) is 5.75 Å². The largest absolute Gasteiger partial charge is 0.496 e. The summed E-state index contributed by atoms with van der Waals surface area (Å²) in [5, 5.41) is 15.0. The average Bonchev–Trinajstić information content (AvgIpc) is 3.46. The molecule has 2 aromatic carbocycles. The van der Waals surface area contributed by atoms with E-state index >= 15 is 0 Å². The lowest BCUT2D eigenvalue weighted by Crippen LogP contribution is -2.37. The molecule has 1 spiro atoms. The minimum Gasteiger partial charge on any atom is -0.496 e. The molecule has 2 N–H and O–H groups in total. The zero-order chi connectivity index (χ0) is 23.0. The second-order valence-corrected chi connectivity index (χ2v) is 9.27. The Morgan fingerprint density at radius 2 is 2.18 bits per heavy atom. The molecular formula is C24H26ClFN4O3. The fourth-order valence-corrected chi connectivity index (χ4v) is 4.99. The highest BCUT2D eigenvalue weighted by Gasteiger charge is 2.42. The maximum absolute atomic E-state index is 13.5. The third-order valence-electron chi connectivity index (χ3n) is 6.70. The third kappa shape index (κ3) is 4.48. The Kier molecular flexibility index (Phi) is 6.09. The Morgan fingerprint density at radius 3 is 2.94 bits per heavy atom. The summed E-state index contributed by atoms with van der Waals surface area (Å²) in [6, 6.07) is 8.19. The van der Waals surface area contributed by atoms with Crippen molar-refractivity contribution in [1.82, 2.24) is 14.9 Å². The Hall–Kier alpha value is -2.52. The number of aliphatic hydroxyl groups is 1. The van der Waals surface area contributed by atoms with Gasteiger partial charge in [-0.25, -0.2) is 14.4 Å². The smallest absolute Gasteiger partial charge is 0.141 e. The molecule has 2 aliphatic rings. The normalized spacial score (nSPS) is 21.7. The Morgan fingerprint density at radius 1 is 1.30 bits per heavy atom. The van der Waals surface area contributed by atoms with Gasteiger partial charge >= 0.3 is 0 Å². The maximum atomic E-state index is 13.5. The van der Waals surface area contributed by atoms with Gasteiger partial charge in [-0.3, -0.25) is 4.90 Å². The molecule has 3 heterocycles. The molecule has 5 rings (SSSR count). The molecule has 2 aliphatic heterocycles. The van der Waals surface area contributed by atoms with E-state index in [-0.39, 0.29) is 10.4 Å². The Labute approximate surface area is 196 Å². The lowest BCUT2D eigenvalue weighted by molar-refractivity contribution is 0.0117. The van der Waals surface area contributed by atoms with Crippen molar-refractivity contribution >= 4 is 34.0 Å². The highest BCUT2D eigenvalue weighted by atomic mass is 35.5. The zero-order valence-electron chi connectivity index (χ0n) is 18.4. The van der Waals surface area contributed by atoms with Gasteiger partial charge in [-0.15, -0.1) is 0 Å². The number of methoxy groups -OCH3 is 1. The van der Waals surface area contributed by atoms with Gasteiger partial charge in [-0.1, -0.05) is 11.6 Å². The lowest BCUT2D eigenvalue weighted by Gasteiger charge is -2.26. The van der Waals surface area contributed by atoms with Gasteiger partial charge in [0.1, 0.15) is 29.9 Å². The van der Waals surface area contributed by atoms with E-state index in [1.54, 1.807) is 13.2 Å². The van der Waals surface area contributed by atoms with Crippen molar-refractivity contribution in [1.29, 1.82) is 0 Å². The van der Waals surface area contributed by atoms with Crippen molar-refractivity contribution in [2.75, 3.05) is 38.7 Å².